The third-order valence-corrected chi connectivity index (χ3v) is 1.21. The van der Waals surface area contributed by atoms with Crippen LogP contribution >= 0.6 is 0 Å². The summed E-state index contributed by atoms with van der Waals surface area (Å²) in [6.07, 6.45) is 2.45. The van der Waals surface area contributed by atoms with E-state index in [-0.39, 0.29) is 13.0 Å². The third kappa shape index (κ3) is 6.83. The van der Waals surface area contributed by atoms with E-state index in [1.165, 1.54) is 0 Å². The second kappa shape index (κ2) is 7.05. The molecule has 1 N–H and O–H groups in total. The lowest BCUT2D eigenvalue weighted by Gasteiger charge is -1.93. The van der Waals surface area contributed by atoms with Crippen LogP contribution in [0.3, 0.4) is 0 Å². The number of rotatable bonds is 5. The maximum Gasteiger partial charge on any atom is 0.218 e. The Morgan fingerprint density at radius 3 is 2.73 bits per heavy atom. The quantitative estimate of drug-likeness (QED) is 0.283. The van der Waals surface area contributed by atoms with E-state index in [0.717, 1.165) is 6.42 Å². The van der Waals surface area contributed by atoms with E-state index in [9.17, 15) is 4.79 Å². The van der Waals surface area contributed by atoms with Crippen molar-refractivity contribution in [3.05, 3.63) is 10.4 Å². The van der Waals surface area contributed by atoms with Crippen molar-refractivity contribution in [1.82, 2.24) is 0 Å². The van der Waals surface area contributed by atoms with Gasteiger partial charge in [0.2, 0.25) is 5.91 Å². The summed E-state index contributed by atoms with van der Waals surface area (Å²) in [5, 5.41) is 11.3. The molecule has 0 heterocycles. The standard InChI is InChI=1S/C6H11N3O2/c7-9-8-6(11)4-2-1-3-5-10/h10H,1-5H2. The Kier molecular flexibility index (Phi) is 6.37. The topological polar surface area (TPSA) is 86.1 Å². The Labute approximate surface area is 64.7 Å². The van der Waals surface area contributed by atoms with Gasteiger partial charge in [0.25, 0.3) is 0 Å². The number of aliphatic hydroxyl groups excluding tert-OH is 1. The molecule has 0 unspecified atom stereocenters. The van der Waals surface area contributed by atoms with Crippen molar-refractivity contribution in [3.8, 4) is 0 Å². The van der Waals surface area contributed by atoms with Crippen LogP contribution in [0, 0.1) is 0 Å². The molecule has 5 nitrogen and oxygen atoms in total. The van der Waals surface area contributed by atoms with Gasteiger partial charge in [-0.2, -0.15) is 0 Å². The van der Waals surface area contributed by atoms with Crippen molar-refractivity contribution in [2.45, 2.75) is 25.7 Å². The average Bonchev–Trinajstić information content (AvgIpc) is 1.99. The number of hydrogen-bond donors (Lipinski definition) is 1. The highest BCUT2D eigenvalue weighted by molar-refractivity contribution is 5.76. The molecule has 0 aromatic rings. The Hall–Kier alpha value is -1.06. The van der Waals surface area contributed by atoms with Crippen LogP contribution in [0.4, 0.5) is 0 Å². The van der Waals surface area contributed by atoms with Crippen molar-refractivity contribution < 1.29 is 9.90 Å². The minimum Gasteiger partial charge on any atom is -0.396 e. The first-order valence-electron chi connectivity index (χ1n) is 3.50. The molecule has 0 atom stereocenters. The predicted octanol–water partition coefficient (Wildman–Crippen LogP) is 1.38. The van der Waals surface area contributed by atoms with Crippen LogP contribution < -0.4 is 0 Å². The third-order valence-electron chi connectivity index (χ3n) is 1.21. The van der Waals surface area contributed by atoms with Crippen molar-refractivity contribution in [2.24, 2.45) is 5.11 Å². The molecule has 0 spiro atoms. The number of nitrogens with zero attached hydrogens (tertiary/aromatic N) is 3. The van der Waals surface area contributed by atoms with Gasteiger partial charge >= 0.3 is 0 Å². The summed E-state index contributed by atoms with van der Waals surface area (Å²) in [5.74, 6) is -0.426. The molecular formula is C6H11N3O2. The van der Waals surface area contributed by atoms with Crippen LogP contribution in [0.2, 0.25) is 0 Å². The lowest BCUT2D eigenvalue weighted by atomic mass is 10.2. The van der Waals surface area contributed by atoms with Gasteiger partial charge in [0.05, 0.1) is 0 Å². The fourth-order valence-corrected chi connectivity index (χ4v) is 0.665. The first-order valence-corrected chi connectivity index (χ1v) is 3.50. The fourth-order valence-electron chi connectivity index (χ4n) is 0.665. The summed E-state index contributed by atoms with van der Waals surface area (Å²) < 4.78 is 0. The molecule has 11 heavy (non-hydrogen) atoms. The Morgan fingerprint density at radius 1 is 1.45 bits per heavy atom. The molecular weight excluding hydrogens is 146 g/mol. The number of carbonyl (C=O) groups is 1. The first-order chi connectivity index (χ1) is 5.31. The Morgan fingerprint density at radius 2 is 2.18 bits per heavy atom. The first kappa shape index (κ1) is 9.94. The molecule has 0 aromatic heterocycles. The molecule has 0 radical (unpaired) electrons. The van der Waals surface area contributed by atoms with Gasteiger partial charge < -0.3 is 5.11 Å². The van der Waals surface area contributed by atoms with Gasteiger partial charge in [0.1, 0.15) is 0 Å². The highest BCUT2D eigenvalue weighted by Crippen LogP contribution is 2.00. The van der Waals surface area contributed by atoms with Gasteiger partial charge in [-0.1, -0.05) is 6.42 Å². The van der Waals surface area contributed by atoms with E-state index < -0.39 is 5.91 Å². The van der Waals surface area contributed by atoms with Gasteiger partial charge in [-0.3, -0.25) is 4.79 Å². The van der Waals surface area contributed by atoms with Crippen LogP contribution in [0.15, 0.2) is 5.11 Å². The summed E-state index contributed by atoms with van der Waals surface area (Å²) in [7, 11) is 0. The maximum atomic E-state index is 10.5. The lowest BCUT2D eigenvalue weighted by molar-refractivity contribution is -0.118. The second-order valence-corrected chi connectivity index (χ2v) is 2.12. The number of azide groups is 1. The van der Waals surface area contributed by atoms with Crippen LogP contribution in [-0.2, 0) is 4.79 Å². The molecule has 0 bridgehead atoms. The summed E-state index contributed by atoms with van der Waals surface area (Å²) in [4.78, 5) is 12.9. The molecule has 0 rings (SSSR count). The lowest BCUT2D eigenvalue weighted by Crippen LogP contribution is -1.91. The zero-order valence-electron chi connectivity index (χ0n) is 6.23. The van der Waals surface area contributed by atoms with Crippen LogP contribution in [0.5, 0.6) is 0 Å². The minimum atomic E-state index is -0.426. The molecule has 62 valence electrons. The van der Waals surface area contributed by atoms with E-state index in [4.69, 9.17) is 10.6 Å². The summed E-state index contributed by atoms with van der Waals surface area (Å²) in [5.41, 5.74) is 7.84. The molecule has 0 fully saturated rings. The van der Waals surface area contributed by atoms with Gasteiger partial charge in [-0.15, -0.1) is 0 Å². The summed E-state index contributed by atoms with van der Waals surface area (Å²) >= 11 is 0. The van der Waals surface area contributed by atoms with Crippen molar-refractivity contribution in [1.29, 1.82) is 0 Å². The molecule has 0 aliphatic carbocycles. The number of aliphatic hydroxyl groups is 1. The highest BCUT2D eigenvalue weighted by atomic mass is 16.2. The van der Waals surface area contributed by atoms with E-state index in [0.29, 0.717) is 12.8 Å². The average molecular weight is 157 g/mol. The highest BCUT2D eigenvalue weighted by Gasteiger charge is 1.96. The van der Waals surface area contributed by atoms with Crippen molar-refractivity contribution in [2.75, 3.05) is 6.61 Å². The molecule has 1 amide bonds. The minimum absolute atomic E-state index is 0.149. The predicted molar refractivity (Wildman–Crippen MR) is 39.7 cm³/mol. The molecule has 0 saturated carbocycles. The van der Waals surface area contributed by atoms with Gasteiger partial charge in [-0.05, 0) is 23.5 Å². The van der Waals surface area contributed by atoms with Gasteiger partial charge in [0, 0.05) is 17.9 Å². The van der Waals surface area contributed by atoms with Gasteiger partial charge in [0.15, 0.2) is 0 Å². The zero-order valence-corrected chi connectivity index (χ0v) is 6.23. The number of amides is 1. The van der Waals surface area contributed by atoms with E-state index in [1.807, 2.05) is 0 Å². The van der Waals surface area contributed by atoms with E-state index in [2.05, 4.69) is 10.0 Å². The van der Waals surface area contributed by atoms with Crippen LogP contribution in [0.1, 0.15) is 25.7 Å². The molecule has 0 aliphatic rings. The zero-order chi connectivity index (χ0) is 8.53. The monoisotopic (exact) mass is 157 g/mol. The van der Waals surface area contributed by atoms with E-state index >= 15 is 0 Å². The van der Waals surface area contributed by atoms with Crippen molar-refractivity contribution in [3.63, 3.8) is 0 Å². The molecule has 0 saturated heterocycles. The number of carbonyl (C=O) groups excluding carboxylic acids is 1. The summed E-state index contributed by atoms with van der Waals surface area (Å²) in [6.45, 7) is 0.149. The smallest absolute Gasteiger partial charge is 0.218 e. The Balaban J connectivity index is 3.24. The number of unbranched alkanes of at least 4 members (excludes halogenated alkanes) is 2. The second-order valence-electron chi connectivity index (χ2n) is 2.12. The van der Waals surface area contributed by atoms with Crippen molar-refractivity contribution >= 4 is 5.91 Å². The maximum absolute atomic E-state index is 10.5. The molecule has 0 aromatic carbocycles. The summed E-state index contributed by atoms with van der Waals surface area (Å²) in [6, 6.07) is 0. The van der Waals surface area contributed by atoms with Crippen LogP contribution in [-0.4, -0.2) is 17.6 Å². The number of hydrogen-bond acceptors (Lipinski definition) is 2. The Bertz CT molecular complexity index is 163. The normalized spacial score (nSPS) is 8.82. The SMILES string of the molecule is [N-]=[N+]=NC(=O)CCCCCO. The van der Waals surface area contributed by atoms with E-state index in [1.54, 1.807) is 0 Å². The molecule has 5 heteroatoms. The fraction of sp³-hybridized carbons (Fsp3) is 0.833. The largest absolute Gasteiger partial charge is 0.396 e. The van der Waals surface area contributed by atoms with Gasteiger partial charge in [-0.25, -0.2) is 0 Å². The molecule has 0 aliphatic heterocycles. The van der Waals surface area contributed by atoms with Crippen LogP contribution in [0.25, 0.3) is 10.4 Å².